The Morgan fingerprint density at radius 1 is 0.875 bits per heavy atom. The van der Waals surface area contributed by atoms with E-state index in [4.69, 9.17) is 22.9 Å². The molecule has 2 rings (SSSR count). The Morgan fingerprint density at radius 3 is 2.05 bits per heavy atom. The number of Topliss-reactive ketones (excluding diaryl/α,β-unsaturated/α-hetero) is 1. The lowest BCUT2D eigenvalue weighted by molar-refractivity contribution is -0.130. The summed E-state index contributed by atoms with van der Waals surface area (Å²) in [7, 11) is 1.60. The van der Waals surface area contributed by atoms with Gasteiger partial charge in [-0.2, -0.15) is 0 Å². The molecule has 2 aromatic rings. The van der Waals surface area contributed by atoms with Gasteiger partial charge in [-0.05, 0) is 44.9 Å². The maximum absolute atomic E-state index is 13.3. The number of amides is 3. The van der Waals surface area contributed by atoms with Crippen LogP contribution in [0.4, 0.5) is 0 Å². The minimum Gasteiger partial charge on any atom is -0.370 e. The van der Waals surface area contributed by atoms with Crippen LogP contribution in [0.2, 0.25) is 0 Å². The van der Waals surface area contributed by atoms with Gasteiger partial charge in [-0.1, -0.05) is 12.1 Å². The van der Waals surface area contributed by atoms with E-state index in [0.717, 1.165) is 4.70 Å². The highest BCUT2D eigenvalue weighted by atomic mass is 32.1. The van der Waals surface area contributed by atoms with Gasteiger partial charge in [-0.25, -0.2) is 4.98 Å². The Labute approximate surface area is 235 Å². The summed E-state index contributed by atoms with van der Waals surface area (Å²) in [5, 5.41) is 10.8. The monoisotopic (exact) mass is 575 g/mol. The number of ketones is 1. The summed E-state index contributed by atoms with van der Waals surface area (Å²) in [6.45, 7) is 0.132. The quantitative estimate of drug-likeness (QED) is 0.0440. The summed E-state index contributed by atoms with van der Waals surface area (Å²) in [5.74, 6) is -2.05. The first-order chi connectivity index (χ1) is 19.1. The zero-order chi connectivity index (χ0) is 29.5. The summed E-state index contributed by atoms with van der Waals surface area (Å²) < 4.78 is 0.842. The zero-order valence-corrected chi connectivity index (χ0v) is 23.1. The Balaban J connectivity index is 2.04. The molecule has 0 aliphatic rings. The molecule has 1 heterocycles. The zero-order valence-electron chi connectivity index (χ0n) is 22.3. The van der Waals surface area contributed by atoms with Crippen molar-refractivity contribution in [1.82, 2.24) is 26.3 Å². The van der Waals surface area contributed by atoms with Crippen LogP contribution in [-0.4, -0.2) is 85.7 Å². The SMILES string of the molecule is CNCC(=O)NC(CCCN=C(N)N)C(=O)NCC(=O)NC(CCCN=C(N)N)C(=O)c1nc2ccccc2s1. The number of benzene rings is 1. The van der Waals surface area contributed by atoms with Crippen molar-refractivity contribution in [2.75, 3.05) is 33.2 Å². The summed E-state index contributed by atoms with van der Waals surface area (Å²) in [6.07, 6.45) is 1.32. The number of hydrogen-bond acceptors (Lipinski definition) is 9. The number of aliphatic imine (C=N–C) groups is 2. The first-order valence-electron chi connectivity index (χ1n) is 12.6. The molecule has 2 unspecified atom stereocenters. The molecular weight excluding hydrogens is 538 g/mol. The van der Waals surface area contributed by atoms with Gasteiger partial charge in [0.05, 0.1) is 29.3 Å². The molecule has 1 aromatic heterocycles. The van der Waals surface area contributed by atoms with E-state index in [9.17, 15) is 19.2 Å². The van der Waals surface area contributed by atoms with E-state index in [0.29, 0.717) is 18.4 Å². The molecule has 0 aliphatic heterocycles. The number of guanidine groups is 2. The van der Waals surface area contributed by atoms with Gasteiger partial charge in [0.25, 0.3) is 0 Å². The van der Waals surface area contributed by atoms with Crippen LogP contribution in [0.15, 0.2) is 34.3 Å². The predicted molar refractivity (Wildman–Crippen MR) is 155 cm³/mol. The molecule has 0 fully saturated rings. The van der Waals surface area contributed by atoms with Crippen LogP contribution < -0.4 is 44.2 Å². The lowest BCUT2D eigenvalue weighted by Crippen LogP contribution is -2.51. The van der Waals surface area contributed by atoms with Crippen molar-refractivity contribution in [1.29, 1.82) is 0 Å². The Bertz CT molecular complexity index is 1190. The Hall–Kier alpha value is -4.31. The van der Waals surface area contributed by atoms with E-state index in [-0.39, 0.29) is 55.2 Å². The average Bonchev–Trinajstić information content (AvgIpc) is 3.34. The van der Waals surface area contributed by atoms with E-state index >= 15 is 0 Å². The van der Waals surface area contributed by atoms with E-state index in [2.05, 4.69) is 36.2 Å². The van der Waals surface area contributed by atoms with Gasteiger partial charge < -0.3 is 44.2 Å². The molecule has 15 nitrogen and oxygen atoms in total. The minimum atomic E-state index is -0.914. The third-order valence-electron chi connectivity index (χ3n) is 5.46. The van der Waals surface area contributed by atoms with Gasteiger partial charge in [0, 0.05) is 13.1 Å². The van der Waals surface area contributed by atoms with Crippen LogP contribution in [0.3, 0.4) is 0 Å². The second-order valence-corrected chi connectivity index (χ2v) is 9.77. The summed E-state index contributed by atoms with van der Waals surface area (Å²) >= 11 is 1.23. The van der Waals surface area contributed by atoms with E-state index in [1.54, 1.807) is 13.1 Å². The number of hydrogen-bond donors (Lipinski definition) is 8. The van der Waals surface area contributed by atoms with Crippen LogP contribution in [-0.2, 0) is 14.4 Å². The van der Waals surface area contributed by atoms with Crippen LogP contribution in [0, 0.1) is 0 Å². The summed E-state index contributed by atoms with van der Waals surface area (Å²) in [5.41, 5.74) is 22.1. The van der Waals surface area contributed by atoms with Crippen molar-refractivity contribution in [2.24, 2.45) is 32.9 Å². The fraction of sp³-hybridized carbons (Fsp3) is 0.458. The summed E-state index contributed by atoms with van der Waals surface area (Å²) in [6, 6.07) is 5.50. The first kappa shape index (κ1) is 31.9. The number of nitrogens with one attached hydrogen (secondary N) is 4. The lowest BCUT2D eigenvalue weighted by atomic mass is 10.1. The van der Waals surface area contributed by atoms with Gasteiger partial charge >= 0.3 is 0 Å². The van der Waals surface area contributed by atoms with Crippen LogP contribution in [0.25, 0.3) is 10.2 Å². The van der Waals surface area contributed by atoms with Crippen LogP contribution in [0.1, 0.15) is 35.5 Å². The van der Waals surface area contributed by atoms with E-state index in [1.807, 2.05) is 18.2 Å². The van der Waals surface area contributed by atoms with Gasteiger partial charge in [0.2, 0.25) is 23.5 Å². The lowest BCUT2D eigenvalue weighted by Gasteiger charge is -2.19. The molecule has 40 heavy (non-hydrogen) atoms. The number of aromatic nitrogens is 1. The molecule has 0 radical (unpaired) electrons. The minimum absolute atomic E-state index is 0.00752. The van der Waals surface area contributed by atoms with Crippen molar-refractivity contribution in [3.05, 3.63) is 29.3 Å². The highest BCUT2D eigenvalue weighted by Gasteiger charge is 2.26. The number of nitrogens with two attached hydrogens (primary N) is 4. The van der Waals surface area contributed by atoms with E-state index in [1.165, 1.54) is 11.3 Å². The number of rotatable bonds is 17. The third-order valence-corrected chi connectivity index (χ3v) is 6.51. The van der Waals surface area contributed by atoms with Crippen molar-refractivity contribution >= 4 is 57.0 Å². The van der Waals surface area contributed by atoms with Gasteiger partial charge in [0.1, 0.15) is 6.04 Å². The molecule has 0 spiro atoms. The molecule has 16 heteroatoms. The molecule has 0 saturated carbocycles. The second kappa shape index (κ2) is 16.6. The summed E-state index contributed by atoms with van der Waals surface area (Å²) in [4.78, 5) is 63.1. The van der Waals surface area contributed by atoms with Crippen molar-refractivity contribution in [3.8, 4) is 0 Å². The molecule has 12 N–H and O–H groups in total. The Kier molecular flexibility index (Phi) is 13.2. The maximum atomic E-state index is 13.3. The largest absolute Gasteiger partial charge is 0.370 e. The number of carbonyl (C=O) groups excluding carboxylic acids is 4. The molecule has 0 bridgehead atoms. The molecule has 0 saturated heterocycles. The molecular formula is C24H37N11O4S. The normalized spacial score (nSPS) is 12.1. The highest BCUT2D eigenvalue weighted by Crippen LogP contribution is 2.23. The third kappa shape index (κ3) is 11.2. The smallest absolute Gasteiger partial charge is 0.243 e. The number of likely N-dealkylation sites (N-methyl/N-ethyl adjacent to an activating group) is 1. The second-order valence-electron chi connectivity index (χ2n) is 8.74. The maximum Gasteiger partial charge on any atom is 0.243 e. The topological polar surface area (TPSA) is 258 Å². The Morgan fingerprint density at radius 2 is 1.45 bits per heavy atom. The fourth-order valence-corrected chi connectivity index (χ4v) is 4.57. The van der Waals surface area contributed by atoms with Gasteiger partial charge in [-0.3, -0.25) is 29.2 Å². The van der Waals surface area contributed by atoms with Crippen molar-refractivity contribution in [3.63, 3.8) is 0 Å². The highest BCUT2D eigenvalue weighted by molar-refractivity contribution is 7.20. The first-order valence-corrected chi connectivity index (χ1v) is 13.4. The molecule has 1 aromatic carbocycles. The van der Waals surface area contributed by atoms with Crippen molar-refractivity contribution in [2.45, 2.75) is 37.8 Å². The standard InChI is InChI=1S/C24H37N11O4S/c1-29-12-18(36)34-16(8-5-11-31-24(27)28)21(39)32-13-19(37)33-15(7-4-10-30-23(25)26)20(38)22-35-14-6-2-3-9-17(14)40-22/h2-3,6,9,15-16,29H,4-5,7-8,10-13H2,1H3,(H,32,39)(H,33,37)(H,34,36)(H4,25,26,30)(H4,27,28,31). The van der Waals surface area contributed by atoms with E-state index < -0.39 is 36.3 Å². The number of carbonyl (C=O) groups is 4. The number of fused-ring (bicyclic) bond motifs is 1. The number of para-hydroxylation sites is 1. The van der Waals surface area contributed by atoms with Crippen LogP contribution >= 0.6 is 11.3 Å². The average molecular weight is 576 g/mol. The van der Waals surface area contributed by atoms with Crippen molar-refractivity contribution < 1.29 is 19.2 Å². The molecule has 3 amide bonds. The molecule has 218 valence electrons. The number of thiazole rings is 1. The van der Waals surface area contributed by atoms with Gasteiger partial charge in [0.15, 0.2) is 16.9 Å². The van der Waals surface area contributed by atoms with Crippen LogP contribution in [0.5, 0.6) is 0 Å². The predicted octanol–water partition coefficient (Wildman–Crippen LogP) is -2.11. The number of nitrogens with zero attached hydrogens (tertiary/aromatic N) is 3. The fourth-order valence-electron chi connectivity index (χ4n) is 3.61. The molecule has 2 atom stereocenters. The van der Waals surface area contributed by atoms with Gasteiger partial charge in [-0.15, -0.1) is 11.3 Å². The molecule has 0 aliphatic carbocycles.